The van der Waals surface area contributed by atoms with Crippen molar-refractivity contribution in [3.8, 4) is 0 Å². The van der Waals surface area contributed by atoms with Crippen LogP contribution in [0.5, 0.6) is 0 Å². The molecule has 1 aromatic rings. The van der Waals surface area contributed by atoms with E-state index in [-0.39, 0.29) is 15.9 Å². The summed E-state index contributed by atoms with van der Waals surface area (Å²) in [4.78, 5) is 12.7. The van der Waals surface area contributed by atoms with E-state index in [0.717, 1.165) is 35.5 Å². The Kier molecular flexibility index (Phi) is 4.60. The maximum Gasteiger partial charge on any atom is 0.305 e. The highest BCUT2D eigenvalue weighted by Gasteiger charge is 2.30. The van der Waals surface area contributed by atoms with E-state index in [1.54, 1.807) is 0 Å². The predicted molar refractivity (Wildman–Crippen MR) is 82.8 cm³/mol. The van der Waals surface area contributed by atoms with Crippen LogP contribution in [0.25, 0.3) is 0 Å². The van der Waals surface area contributed by atoms with Crippen molar-refractivity contribution in [1.29, 1.82) is 0 Å². The number of anilines is 1. The van der Waals surface area contributed by atoms with Gasteiger partial charge in [-0.3, -0.25) is 10.1 Å². The number of hydrogen-bond acceptors (Lipinski definition) is 7. The van der Waals surface area contributed by atoms with Gasteiger partial charge in [0.05, 0.1) is 4.92 Å². The summed E-state index contributed by atoms with van der Waals surface area (Å²) in [6, 6.07) is 1.36. The summed E-state index contributed by atoms with van der Waals surface area (Å²) in [5, 5.41) is 11.6. The summed E-state index contributed by atoms with van der Waals surface area (Å²) in [6.07, 6.45) is 2.02. The summed E-state index contributed by atoms with van der Waals surface area (Å²) in [5.41, 5.74) is -0.103. The van der Waals surface area contributed by atoms with Crippen molar-refractivity contribution in [2.24, 2.45) is 0 Å². The second-order valence-electron chi connectivity index (χ2n) is 4.73. The largest absolute Gasteiger partial charge is 0.354 e. The third-order valence-corrected chi connectivity index (χ3v) is 7.14. The summed E-state index contributed by atoms with van der Waals surface area (Å²) < 4.78 is 23.3. The van der Waals surface area contributed by atoms with E-state index in [4.69, 9.17) is 0 Å². The molecule has 0 spiro atoms. The third-order valence-electron chi connectivity index (χ3n) is 3.18. The first-order valence-corrected chi connectivity index (χ1v) is 9.99. The number of sulfone groups is 1. The number of rotatable bonds is 3. The number of thiophene rings is 1. The van der Waals surface area contributed by atoms with Gasteiger partial charge in [0.25, 0.3) is 0 Å². The Morgan fingerprint density at radius 3 is 2.75 bits per heavy atom. The Balaban J connectivity index is 2.48. The number of thioether (sulfide) groups is 1. The first-order chi connectivity index (χ1) is 9.30. The predicted octanol–water partition coefficient (Wildman–Crippen LogP) is 2.39. The van der Waals surface area contributed by atoms with Crippen LogP contribution in [0.4, 0.5) is 10.7 Å². The molecule has 112 valence electrons. The van der Waals surface area contributed by atoms with E-state index >= 15 is 0 Å². The van der Waals surface area contributed by atoms with Gasteiger partial charge in [0.15, 0.2) is 14.8 Å². The molecule has 1 unspecified atom stereocenters. The summed E-state index contributed by atoms with van der Waals surface area (Å²) in [5.74, 6) is 1.92. The molecule has 2 rings (SSSR count). The lowest BCUT2D eigenvalue weighted by atomic mass is 10.2. The highest BCUT2D eigenvalue weighted by Crippen LogP contribution is 2.41. The van der Waals surface area contributed by atoms with Crippen LogP contribution in [0.2, 0.25) is 0 Å². The maximum absolute atomic E-state index is 11.6. The van der Waals surface area contributed by atoms with Gasteiger partial charge < -0.3 is 4.90 Å². The first kappa shape index (κ1) is 15.6. The van der Waals surface area contributed by atoms with Gasteiger partial charge in [-0.2, -0.15) is 11.8 Å². The van der Waals surface area contributed by atoms with Crippen LogP contribution in [-0.2, 0) is 9.84 Å². The summed E-state index contributed by atoms with van der Waals surface area (Å²) in [6.45, 7) is 2.73. The smallest absolute Gasteiger partial charge is 0.305 e. The zero-order valence-electron chi connectivity index (χ0n) is 11.2. The number of hydrogen-bond donors (Lipinski definition) is 0. The molecule has 1 aliphatic rings. The molecule has 6 nitrogen and oxygen atoms in total. The number of nitro groups is 1. The van der Waals surface area contributed by atoms with Crippen LogP contribution in [0.1, 0.15) is 13.3 Å². The van der Waals surface area contributed by atoms with Crippen LogP contribution >= 0.6 is 23.1 Å². The average molecular weight is 336 g/mol. The van der Waals surface area contributed by atoms with Gasteiger partial charge in [0.2, 0.25) is 0 Å². The Labute approximate surface area is 126 Å². The van der Waals surface area contributed by atoms with Crippen LogP contribution < -0.4 is 4.90 Å². The highest BCUT2D eigenvalue weighted by molar-refractivity contribution is 7.99. The first-order valence-electron chi connectivity index (χ1n) is 6.13. The SMILES string of the molecule is CC1CCSCCN1c1sc(S(C)(=O)=O)cc1[N+](=O)[O-]. The minimum absolute atomic E-state index is 0.0586. The second kappa shape index (κ2) is 5.90. The molecule has 0 aliphatic carbocycles. The minimum atomic E-state index is -3.42. The van der Waals surface area contributed by atoms with Crippen molar-refractivity contribution in [2.45, 2.75) is 23.6 Å². The zero-order chi connectivity index (χ0) is 14.9. The van der Waals surface area contributed by atoms with Gasteiger partial charge in [-0.1, -0.05) is 11.3 Å². The van der Waals surface area contributed by atoms with Crippen molar-refractivity contribution >= 4 is 43.6 Å². The van der Waals surface area contributed by atoms with E-state index in [1.807, 2.05) is 23.6 Å². The van der Waals surface area contributed by atoms with Crippen molar-refractivity contribution in [3.63, 3.8) is 0 Å². The topological polar surface area (TPSA) is 80.5 Å². The van der Waals surface area contributed by atoms with Crippen molar-refractivity contribution in [3.05, 3.63) is 16.2 Å². The molecule has 1 saturated heterocycles. The fourth-order valence-corrected chi connectivity index (χ4v) is 5.26. The Morgan fingerprint density at radius 1 is 1.45 bits per heavy atom. The molecule has 0 saturated carbocycles. The van der Waals surface area contributed by atoms with Gasteiger partial charge in [-0.25, -0.2) is 8.42 Å². The Hall–Kier alpha value is -0.800. The van der Waals surface area contributed by atoms with E-state index < -0.39 is 14.8 Å². The lowest BCUT2D eigenvalue weighted by Crippen LogP contribution is -2.33. The highest BCUT2D eigenvalue weighted by atomic mass is 32.2. The lowest BCUT2D eigenvalue weighted by Gasteiger charge is -2.26. The van der Waals surface area contributed by atoms with Crippen molar-refractivity contribution in [1.82, 2.24) is 0 Å². The standard InChI is InChI=1S/C11H16N2O4S3/c1-8-3-5-18-6-4-12(8)11-9(13(14)15)7-10(19-11)20(2,16)17/h7-8H,3-6H2,1-2H3. The molecular formula is C11H16N2O4S3. The summed E-state index contributed by atoms with van der Waals surface area (Å²) >= 11 is 2.82. The molecular weight excluding hydrogens is 320 g/mol. The zero-order valence-corrected chi connectivity index (χ0v) is 13.7. The molecule has 1 aliphatic heterocycles. The lowest BCUT2D eigenvalue weighted by molar-refractivity contribution is -0.383. The molecule has 9 heteroatoms. The minimum Gasteiger partial charge on any atom is -0.354 e. The van der Waals surface area contributed by atoms with Gasteiger partial charge >= 0.3 is 5.69 Å². The van der Waals surface area contributed by atoms with Crippen LogP contribution in [-0.4, -0.2) is 43.7 Å². The van der Waals surface area contributed by atoms with E-state index in [2.05, 4.69) is 0 Å². The van der Waals surface area contributed by atoms with Crippen LogP contribution in [0.3, 0.4) is 0 Å². The quantitative estimate of drug-likeness (QED) is 0.623. The van der Waals surface area contributed by atoms with E-state index in [0.29, 0.717) is 11.5 Å². The normalized spacial score (nSPS) is 20.7. The maximum atomic E-state index is 11.6. The monoisotopic (exact) mass is 336 g/mol. The fourth-order valence-electron chi connectivity index (χ4n) is 2.07. The Bertz CT molecular complexity index is 611. The second-order valence-corrected chi connectivity index (χ2v) is 9.23. The van der Waals surface area contributed by atoms with Gasteiger partial charge in [-0.15, -0.1) is 0 Å². The molecule has 1 fully saturated rings. The third kappa shape index (κ3) is 3.26. The number of nitrogens with zero attached hydrogens (tertiary/aromatic N) is 2. The van der Waals surface area contributed by atoms with Crippen molar-refractivity contribution in [2.75, 3.05) is 29.2 Å². The average Bonchev–Trinajstić information content (AvgIpc) is 2.68. The summed E-state index contributed by atoms with van der Waals surface area (Å²) in [7, 11) is -3.42. The molecule has 0 radical (unpaired) electrons. The van der Waals surface area contributed by atoms with E-state index in [1.165, 1.54) is 6.07 Å². The Morgan fingerprint density at radius 2 is 2.15 bits per heavy atom. The van der Waals surface area contributed by atoms with Gasteiger partial charge in [0.1, 0.15) is 4.21 Å². The molecule has 2 heterocycles. The van der Waals surface area contributed by atoms with Gasteiger partial charge in [0, 0.05) is 30.7 Å². The van der Waals surface area contributed by atoms with Crippen molar-refractivity contribution < 1.29 is 13.3 Å². The fraction of sp³-hybridized carbons (Fsp3) is 0.636. The molecule has 0 bridgehead atoms. The molecule has 0 aromatic carbocycles. The molecule has 1 aromatic heterocycles. The molecule has 20 heavy (non-hydrogen) atoms. The molecule has 1 atom stereocenters. The van der Waals surface area contributed by atoms with Gasteiger partial charge in [-0.05, 0) is 19.1 Å². The van der Waals surface area contributed by atoms with Crippen LogP contribution in [0, 0.1) is 10.1 Å². The van der Waals surface area contributed by atoms with Crippen LogP contribution in [0.15, 0.2) is 10.3 Å². The van der Waals surface area contributed by atoms with E-state index in [9.17, 15) is 18.5 Å². The molecule has 0 N–H and O–H groups in total. The molecule has 0 amide bonds.